The Morgan fingerprint density at radius 3 is 2.88 bits per heavy atom. The molecule has 1 aliphatic rings. The first-order chi connectivity index (χ1) is 7.58. The van der Waals surface area contributed by atoms with Gasteiger partial charge in [0, 0.05) is 5.56 Å². The van der Waals surface area contributed by atoms with Crippen molar-refractivity contribution in [3.63, 3.8) is 0 Å². The van der Waals surface area contributed by atoms with Gasteiger partial charge in [-0.3, -0.25) is 4.79 Å². The largest absolute Gasteiger partial charge is 0.486 e. The standard InChI is InChI=1S/C11H10Cl2O3/c1-6-5-15-9-4-7(10(14)11(12)13)2-3-8(9)16-6/h2-4,6,11H,5H2,1H3. The maximum absolute atomic E-state index is 11.5. The van der Waals surface area contributed by atoms with Crippen molar-refractivity contribution in [2.75, 3.05) is 6.61 Å². The monoisotopic (exact) mass is 260 g/mol. The molecule has 1 aliphatic heterocycles. The van der Waals surface area contributed by atoms with Crippen LogP contribution >= 0.6 is 23.2 Å². The third kappa shape index (κ3) is 2.25. The fourth-order valence-corrected chi connectivity index (χ4v) is 1.71. The SMILES string of the molecule is CC1COc2cc(C(=O)C(Cl)Cl)ccc2O1. The topological polar surface area (TPSA) is 35.5 Å². The van der Waals surface area contributed by atoms with Crippen molar-refractivity contribution in [1.82, 2.24) is 0 Å². The molecule has 1 atom stereocenters. The number of alkyl halides is 2. The minimum atomic E-state index is -1.05. The zero-order chi connectivity index (χ0) is 11.7. The van der Waals surface area contributed by atoms with E-state index in [0.29, 0.717) is 23.7 Å². The lowest BCUT2D eigenvalue weighted by Gasteiger charge is -2.24. The Labute approximate surface area is 103 Å². The number of carbonyl (C=O) groups excluding carboxylic acids is 1. The lowest BCUT2D eigenvalue weighted by Crippen LogP contribution is -2.26. The van der Waals surface area contributed by atoms with Gasteiger partial charge in [-0.25, -0.2) is 0 Å². The summed E-state index contributed by atoms with van der Waals surface area (Å²) in [6.07, 6.45) is 0.0165. The van der Waals surface area contributed by atoms with Gasteiger partial charge in [0.05, 0.1) is 0 Å². The molecule has 0 fully saturated rings. The van der Waals surface area contributed by atoms with Gasteiger partial charge in [0.1, 0.15) is 12.7 Å². The highest BCUT2D eigenvalue weighted by molar-refractivity contribution is 6.55. The lowest BCUT2D eigenvalue weighted by molar-refractivity contribution is 0.0992. The summed E-state index contributed by atoms with van der Waals surface area (Å²) in [6.45, 7) is 2.38. The van der Waals surface area contributed by atoms with Crippen LogP contribution in [0.1, 0.15) is 17.3 Å². The molecule has 0 spiro atoms. The average Bonchev–Trinajstić information content (AvgIpc) is 2.27. The number of hydrogen-bond acceptors (Lipinski definition) is 3. The summed E-state index contributed by atoms with van der Waals surface area (Å²) in [5.74, 6) is 0.849. The van der Waals surface area contributed by atoms with E-state index in [2.05, 4.69) is 0 Å². The number of rotatable bonds is 2. The summed E-state index contributed by atoms with van der Waals surface area (Å²) in [5, 5.41) is 0. The minimum Gasteiger partial charge on any atom is -0.486 e. The second-order valence-electron chi connectivity index (χ2n) is 3.57. The van der Waals surface area contributed by atoms with Crippen molar-refractivity contribution in [3.05, 3.63) is 23.8 Å². The molecule has 86 valence electrons. The molecular formula is C11H10Cl2O3. The predicted octanol–water partition coefficient (Wildman–Crippen LogP) is 2.83. The molecule has 0 saturated carbocycles. The van der Waals surface area contributed by atoms with E-state index in [-0.39, 0.29) is 11.9 Å². The first-order valence-electron chi connectivity index (χ1n) is 4.84. The van der Waals surface area contributed by atoms with Gasteiger partial charge in [0.2, 0.25) is 0 Å². The van der Waals surface area contributed by atoms with Gasteiger partial charge in [-0.2, -0.15) is 0 Å². The number of carbonyl (C=O) groups is 1. The Balaban J connectivity index is 2.29. The van der Waals surface area contributed by atoms with Gasteiger partial charge >= 0.3 is 0 Å². The van der Waals surface area contributed by atoms with Crippen molar-refractivity contribution in [2.45, 2.75) is 17.9 Å². The van der Waals surface area contributed by atoms with Crippen LogP contribution in [0, 0.1) is 0 Å². The first kappa shape index (κ1) is 11.6. The van der Waals surface area contributed by atoms with E-state index in [1.165, 1.54) is 0 Å². The number of Topliss-reactive ketones (excluding diaryl/α,β-unsaturated/α-hetero) is 1. The summed E-state index contributed by atoms with van der Waals surface area (Å²) in [4.78, 5) is 10.5. The zero-order valence-corrected chi connectivity index (χ0v) is 10.1. The van der Waals surface area contributed by atoms with E-state index in [4.69, 9.17) is 32.7 Å². The highest BCUT2D eigenvalue weighted by atomic mass is 35.5. The van der Waals surface area contributed by atoms with E-state index in [1.54, 1.807) is 18.2 Å². The Hall–Kier alpha value is -0.930. The molecule has 2 rings (SSSR count). The van der Waals surface area contributed by atoms with E-state index in [0.717, 1.165) is 0 Å². The number of hydrogen-bond donors (Lipinski definition) is 0. The van der Waals surface area contributed by atoms with Crippen LogP contribution in [0.4, 0.5) is 0 Å². The molecule has 0 N–H and O–H groups in total. The van der Waals surface area contributed by atoms with E-state index in [9.17, 15) is 4.79 Å². The van der Waals surface area contributed by atoms with Crippen LogP contribution in [0.25, 0.3) is 0 Å². The van der Waals surface area contributed by atoms with Crippen molar-refractivity contribution in [1.29, 1.82) is 0 Å². The second-order valence-corrected chi connectivity index (χ2v) is 4.66. The van der Waals surface area contributed by atoms with Crippen molar-refractivity contribution >= 4 is 29.0 Å². The summed E-state index contributed by atoms with van der Waals surface area (Å²) >= 11 is 11.0. The second kappa shape index (κ2) is 4.52. The molecule has 3 nitrogen and oxygen atoms in total. The van der Waals surface area contributed by atoms with Gasteiger partial charge < -0.3 is 9.47 Å². The van der Waals surface area contributed by atoms with Crippen molar-refractivity contribution < 1.29 is 14.3 Å². The summed E-state index contributed by atoms with van der Waals surface area (Å²) in [5.41, 5.74) is 0.423. The molecule has 0 aromatic heterocycles. The summed E-state index contributed by atoms with van der Waals surface area (Å²) in [7, 11) is 0. The fourth-order valence-electron chi connectivity index (χ4n) is 1.46. The Morgan fingerprint density at radius 2 is 2.19 bits per heavy atom. The van der Waals surface area contributed by atoms with E-state index in [1.807, 2.05) is 6.92 Å². The zero-order valence-electron chi connectivity index (χ0n) is 8.57. The number of ketones is 1. The quantitative estimate of drug-likeness (QED) is 0.606. The maximum atomic E-state index is 11.5. The van der Waals surface area contributed by atoms with Crippen LogP contribution in [0.5, 0.6) is 11.5 Å². The smallest absolute Gasteiger partial charge is 0.195 e. The van der Waals surface area contributed by atoms with Crippen molar-refractivity contribution in [2.24, 2.45) is 0 Å². The fraction of sp³-hybridized carbons (Fsp3) is 0.364. The minimum absolute atomic E-state index is 0.0165. The molecule has 0 aliphatic carbocycles. The molecule has 16 heavy (non-hydrogen) atoms. The molecule has 1 aromatic rings. The van der Waals surface area contributed by atoms with Crippen LogP contribution in [0.15, 0.2) is 18.2 Å². The molecule has 0 amide bonds. The van der Waals surface area contributed by atoms with E-state index >= 15 is 0 Å². The Kier molecular flexibility index (Phi) is 3.26. The van der Waals surface area contributed by atoms with Crippen molar-refractivity contribution in [3.8, 4) is 11.5 Å². The molecule has 5 heteroatoms. The molecule has 1 unspecified atom stereocenters. The molecule has 0 radical (unpaired) electrons. The van der Waals surface area contributed by atoms with Gasteiger partial charge in [-0.05, 0) is 25.1 Å². The van der Waals surface area contributed by atoms with Crippen LogP contribution < -0.4 is 9.47 Å². The predicted molar refractivity (Wildman–Crippen MR) is 61.9 cm³/mol. The number of ether oxygens (including phenoxy) is 2. The molecule has 0 bridgehead atoms. The number of fused-ring (bicyclic) bond motifs is 1. The van der Waals surface area contributed by atoms with Gasteiger partial charge in [-0.15, -0.1) is 0 Å². The Morgan fingerprint density at radius 1 is 1.44 bits per heavy atom. The summed E-state index contributed by atoms with van der Waals surface area (Å²) in [6, 6.07) is 4.91. The maximum Gasteiger partial charge on any atom is 0.195 e. The van der Waals surface area contributed by atoms with Crippen LogP contribution in [0.3, 0.4) is 0 Å². The Bertz CT molecular complexity index is 418. The highest BCUT2D eigenvalue weighted by Gasteiger charge is 2.21. The average molecular weight is 261 g/mol. The highest BCUT2D eigenvalue weighted by Crippen LogP contribution is 2.33. The molecule has 1 heterocycles. The van der Waals surface area contributed by atoms with Crippen LogP contribution in [-0.2, 0) is 0 Å². The van der Waals surface area contributed by atoms with Crippen LogP contribution in [-0.4, -0.2) is 23.3 Å². The van der Waals surface area contributed by atoms with E-state index < -0.39 is 4.84 Å². The van der Waals surface area contributed by atoms with Crippen LogP contribution in [0.2, 0.25) is 0 Å². The number of halogens is 2. The normalized spacial score (nSPS) is 18.6. The number of benzene rings is 1. The third-order valence-electron chi connectivity index (χ3n) is 2.23. The lowest BCUT2D eigenvalue weighted by atomic mass is 10.1. The van der Waals surface area contributed by atoms with Gasteiger partial charge in [0.15, 0.2) is 22.1 Å². The van der Waals surface area contributed by atoms with Gasteiger partial charge in [-0.1, -0.05) is 23.2 Å². The molecule has 0 saturated heterocycles. The summed E-state index contributed by atoms with van der Waals surface area (Å²) < 4.78 is 11.0. The third-order valence-corrected chi connectivity index (χ3v) is 2.62. The first-order valence-corrected chi connectivity index (χ1v) is 5.71. The van der Waals surface area contributed by atoms with Gasteiger partial charge in [0.25, 0.3) is 0 Å². The molecule has 1 aromatic carbocycles. The molecular weight excluding hydrogens is 251 g/mol.